The smallest absolute Gasteiger partial charge is 0.263 e. The lowest BCUT2D eigenvalue weighted by atomic mass is 10.2. The van der Waals surface area contributed by atoms with E-state index < -0.39 is 0 Å². The number of amides is 1. The van der Waals surface area contributed by atoms with E-state index in [9.17, 15) is 4.79 Å². The Labute approximate surface area is 149 Å². The lowest BCUT2D eigenvalue weighted by Crippen LogP contribution is -2.17. The van der Waals surface area contributed by atoms with Crippen LogP contribution in [0.2, 0.25) is 0 Å². The molecular formula is C15H10BrNO2S3. The van der Waals surface area contributed by atoms with Gasteiger partial charge in [0.2, 0.25) is 0 Å². The molecule has 1 aromatic heterocycles. The third-order valence-corrected chi connectivity index (χ3v) is 5.36. The molecule has 0 spiro atoms. The Hall–Kier alpha value is -1.15. The third kappa shape index (κ3) is 3.78. The summed E-state index contributed by atoms with van der Waals surface area (Å²) in [5, 5.41) is 4.63. The van der Waals surface area contributed by atoms with E-state index in [1.807, 2.05) is 35.7 Å². The van der Waals surface area contributed by atoms with Crippen molar-refractivity contribution in [3.63, 3.8) is 0 Å². The van der Waals surface area contributed by atoms with Crippen LogP contribution in [-0.2, 0) is 11.4 Å². The summed E-state index contributed by atoms with van der Waals surface area (Å²) in [5.41, 5.74) is 0.841. The second-order valence-electron chi connectivity index (χ2n) is 4.40. The number of thioether (sulfide) groups is 1. The number of rotatable bonds is 4. The normalized spacial score (nSPS) is 16.1. The molecule has 1 saturated heterocycles. The number of hydrogen-bond acceptors (Lipinski definition) is 5. The second-order valence-corrected chi connectivity index (χ2v) is 8.07. The molecule has 3 rings (SSSR count). The van der Waals surface area contributed by atoms with Crippen LogP contribution in [0.25, 0.3) is 6.08 Å². The number of benzene rings is 1. The molecular weight excluding hydrogens is 402 g/mol. The summed E-state index contributed by atoms with van der Waals surface area (Å²) < 4.78 is 7.28. The number of halogens is 1. The molecule has 0 radical (unpaired) electrons. The molecule has 1 aliphatic rings. The van der Waals surface area contributed by atoms with Crippen molar-refractivity contribution in [2.24, 2.45) is 0 Å². The van der Waals surface area contributed by atoms with Crippen LogP contribution in [0.5, 0.6) is 5.75 Å². The SMILES string of the molecule is O=C1NC(=S)S/C1=C\c1cc(Br)ccc1OCc1cccs1. The molecule has 0 atom stereocenters. The minimum absolute atomic E-state index is 0.167. The van der Waals surface area contributed by atoms with Crippen LogP contribution in [0.1, 0.15) is 10.4 Å². The summed E-state index contributed by atoms with van der Waals surface area (Å²) in [5.74, 6) is 0.564. The van der Waals surface area contributed by atoms with Crippen molar-refractivity contribution in [2.75, 3.05) is 0 Å². The van der Waals surface area contributed by atoms with Crippen LogP contribution in [0.4, 0.5) is 0 Å². The molecule has 22 heavy (non-hydrogen) atoms. The fourth-order valence-corrected chi connectivity index (χ4v) is 3.90. The highest BCUT2D eigenvalue weighted by Gasteiger charge is 2.22. The van der Waals surface area contributed by atoms with E-state index in [1.54, 1.807) is 17.4 Å². The molecule has 0 saturated carbocycles. The van der Waals surface area contributed by atoms with Gasteiger partial charge in [0.15, 0.2) is 0 Å². The first-order valence-electron chi connectivity index (χ1n) is 6.31. The molecule has 1 fully saturated rings. The first-order chi connectivity index (χ1) is 10.6. The summed E-state index contributed by atoms with van der Waals surface area (Å²) in [4.78, 5) is 13.5. The average Bonchev–Trinajstić information content (AvgIpc) is 3.08. The Kier molecular flexibility index (Phi) is 4.97. The van der Waals surface area contributed by atoms with Gasteiger partial charge in [-0.25, -0.2) is 0 Å². The van der Waals surface area contributed by atoms with Gasteiger partial charge in [0.1, 0.15) is 16.7 Å². The van der Waals surface area contributed by atoms with Crippen molar-refractivity contribution in [3.05, 3.63) is 55.5 Å². The Morgan fingerprint density at radius 2 is 2.23 bits per heavy atom. The first kappa shape index (κ1) is 15.7. The van der Waals surface area contributed by atoms with Gasteiger partial charge < -0.3 is 10.1 Å². The van der Waals surface area contributed by atoms with E-state index in [0.29, 0.717) is 15.8 Å². The van der Waals surface area contributed by atoms with Crippen LogP contribution in [0, 0.1) is 0 Å². The maximum Gasteiger partial charge on any atom is 0.263 e. The van der Waals surface area contributed by atoms with Gasteiger partial charge in [-0.2, -0.15) is 0 Å². The van der Waals surface area contributed by atoms with Gasteiger partial charge in [-0.3, -0.25) is 4.79 Å². The number of nitrogens with one attached hydrogen (secondary N) is 1. The molecule has 0 bridgehead atoms. The van der Waals surface area contributed by atoms with E-state index in [0.717, 1.165) is 20.7 Å². The quantitative estimate of drug-likeness (QED) is 0.590. The Bertz CT molecular complexity index is 756. The van der Waals surface area contributed by atoms with Crippen LogP contribution >= 0.6 is 51.2 Å². The number of carbonyl (C=O) groups excluding carboxylic acids is 1. The average molecular weight is 412 g/mol. The molecule has 112 valence electrons. The van der Waals surface area contributed by atoms with Crippen molar-refractivity contribution in [3.8, 4) is 5.75 Å². The molecule has 1 amide bonds. The van der Waals surface area contributed by atoms with Crippen molar-refractivity contribution >= 4 is 67.6 Å². The van der Waals surface area contributed by atoms with Gasteiger partial charge in [0.05, 0.1) is 4.91 Å². The Morgan fingerprint density at radius 1 is 1.36 bits per heavy atom. The lowest BCUT2D eigenvalue weighted by Gasteiger charge is -2.09. The highest BCUT2D eigenvalue weighted by Crippen LogP contribution is 2.31. The van der Waals surface area contributed by atoms with Crippen molar-refractivity contribution in [1.82, 2.24) is 5.32 Å². The fraction of sp³-hybridized carbons (Fsp3) is 0.0667. The highest BCUT2D eigenvalue weighted by molar-refractivity contribution is 9.10. The van der Waals surface area contributed by atoms with E-state index in [4.69, 9.17) is 17.0 Å². The Balaban J connectivity index is 1.86. The predicted octanol–water partition coefficient (Wildman–Crippen LogP) is 4.58. The molecule has 3 nitrogen and oxygen atoms in total. The van der Waals surface area contributed by atoms with E-state index >= 15 is 0 Å². The zero-order valence-electron chi connectivity index (χ0n) is 11.2. The molecule has 1 N–H and O–H groups in total. The lowest BCUT2D eigenvalue weighted by molar-refractivity contribution is -0.115. The highest BCUT2D eigenvalue weighted by atomic mass is 79.9. The van der Waals surface area contributed by atoms with Crippen LogP contribution in [0.3, 0.4) is 0 Å². The van der Waals surface area contributed by atoms with Crippen LogP contribution in [-0.4, -0.2) is 10.2 Å². The molecule has 1 aromatic carbocycles. The minimum Gasteiger partial charge on any atom is -0.487 e. The standard InChI is InChI=1S/C15H10BrNO2S3/c16-10-3-4-12(19-8-11-2-1-5-21-11)9(6-10)7-13-14(18)17-15(20)22-13/h1-7H,8H2,(H,17,18,20)/b13-7-. The summed E-state index contributed by atoms with van der Waals surface area (Å²) in [6.45, 7) is 0.507. The predicted molar refractivity (Wildman–Crippen MR) is 99.1 cm³/mol. The van der Waals surface area contributed by atoms with E-state index in [-0.39, 0.29) is 5.91 Å². The van der Waals surface area contributed by atoms with E-state index in [1.165, 1.54) is 11.8 Å². The molecule has 0 aliphatic carbocycles. The number of thiocarbonyl (C=S) groups is 1. The number of ether oxygens (including phenoxy) is 1. The number of carbonyl (C=O) groups is 1. The van der Waals surface area contributed by atoms with Gasteiger partial charge in [0, 0.05) is 14.9 Å². The van der Waals surface area contributed by atoms with Crippen molar-refractivity contribution < 1.29 is 9.53 Å². The van der Waals surface area contributed by atoms with Crippen LogP contribution in [0.15, 0.2) is 45.1 Å². The topological polar surface area (TPSA) is 38.3 Å². The first-order valence-corrected chi connectivity index (χ1v) is 9.21. The van der Waals surface area contributed by atoms with Gasteiger partial charge in [0.25, 0.3) is 5.91 Å². The van der Waals surface area contributed by atoms with Crippen molar-refractivity contribution in [2.45, 2.75) is 6.61 Å². The van der Waals surface area contributed by atoms with Gasteiger partial charge in [-0.1, -0.05) is 46.0 Å². The molecule has 7 heteroatoms. The minimum atomic E-state index is -0.167. The Morgan fingerprint density at radius 3 is 2.91 bits per heavy atom. The monoisotopic (exact) mass is 411 g/mol. The fourth-order valence-electron chi connectivity index (χ4n) is 1.87. The van der Waals surface area contributed by atoms with Gasteiger partial charge >= 0.3 is 0 Å². The summed E-state index contributed by atoms with van der Waals surface area (Å²) in [6, 6.07) is 9.75. The van der Waals surface area contributed by atoms with Gasteiger partial charge in [-0.05, 0) is 35.7 Å². The maximum absolute atomic E-state index is 11.8. The summed E-state index contributed by atoms with van der Waals surface area (Å²) in [6.07, 6.45) is 1.80. The number of thiophene rings is 1. The number of hydrogen-bond donors (Lipinski definition) is 1. The molecule has 1 aliphatic heterocycles. The second kappa shape index (κ2) is 6.95. The summed E-state index contributed by atoms with van der Waals surface area (Å²) >= 11 is 11.4. The van der Waals surface area contributed by atoms with Gasteiger partial charge in [-0.15, -0.1) is 11.3 Å². The molecule has 2 heterocycles. The zero-order chi connectivity index (χ0) is 15.5. The molecule has 2 aromatic rings. The summed E-state index contributed by atoms with van der Waals surface area (Å²) in [7, 11) is 0. The maximum atomic E-state index is 11.8. The van der Waals surface area contributed by atoms with Crippen LogP contribution < -0.4 is 10.1 Å². The van der Waals surface area contributed by atoms with Crippen molar-refractivity contribution in [1.29, 1.82) is 0 Å². The third-order valence-electron chi connectivity index (χ3n) is 2.85. The largest absolute Gasteiger partial charge is 0.487 e. The van der Waals surface area contributed by atoms with E-state index in [2.05, 4.69) is 21.2 Å². The molecule has 0 unspecified atom stereocenters. The zero-order valence-corrected chi connectivity index (χ0v) is 15.2.